The summed E-state index contributed by atoms with van der Waals surface area (Å²) in [5.74, 6) is 0.310. The highest BCUT2D eigenvalue weighted by molar-refractivity contribution is 5.66. The number of rotatable bonds is 1. The van der Waals surface area contributed by atoms with Crippen LogP contribution in [-0.4, -0.2) is 19.7 Å². The Balaban J connectivity index is 2.66. The SMILES string of the molecule is Cc1nn(C)c(C)c1-c1cc(C(C)(C)C)nc(N)n1. The first-order valence-corrected chi connectivity index (χ1v) is 6.35. The van der Waals surface area contributed by atoms with Gasteiger partial charge < -0.3 is 5.73 Å². The second-order valence-electron chi connectivity index (χ2n) is 5.92. The first kappa shape index (κ1) is 13.5. The molecule has 0 radical (unpaired) electrons. The Morgan fingerprint density at radius 3 is 2.26 bits per heavy atom. The summed E-state index contributed by atoms with van der Waals surface area (Å²) < 4.78 is 1.86. The van der Waals surface area contributed by atoms with Gasteiger partial charge in [-0.15, -0.1) is 0 Å². The Bertz CT molecular complexity index is 619. The smallest absolute Gasteiger partial charge is 0.220 e. The Hall–Kier alpha value is -1.91. The van der Waals surface area contributed by atoms with Crippen LogP contribution in [0.3, 0.4) is 0 Å². The van der Waals surface area contributed by atoms with Crippen LogP contribution in [0, 0.1) is 13.8 Å². The molecule has 2 N–H and O–H groups in total. The number of nitrogen functional groups attached to an aromatic ring is 1. The van der Waals surface area contributed by atoms with Crippen molar-refractivity contribution in [3.05, 3.63) is 23.1 Å². The third kappa shape index (κ3) is 2.45. The average molecular weight is 259 g/mol. The van der Waals surface area contributed by atoms with Gasteiger partial charge in [-0.05, 0) is 19.9 Å². The third-order valence-corrected chi connectivity index (χ3v) is 3.28. The molecule has 102 valence electrons. The van der Waals surface area contributed by atoms with Gasteiger partial charge in [0.25, 0.3) is 0 Å². The van der Waals surface area contributed by atoms with Gasteiger partial charge in [-0.3, -0.25) is 4.68 Å². The lowest BCUT2D eigenvalue weighted by atomic mass is 9.91. The van der Waals surface area contributed by atoms with E-state index in [1.807, 2.05) is 31.6 Å². The van der Waals surface area contributed by atoms with Gasteiger partial charge in [0.2, 0.25) is 5.95 Å². The summed E-state index contributed by atoms with van der Waals surface area (Å²) in [6, 6.07) is 2.01. The highest BCUT2D eigenvalue weighted by Gasteiger charge is 2.20. The van der Waals surface area contributed by atoms with Crippen molar-refractivity contribution >= 4 is 5.95 Å². The summed E-state index contributed by atoms with van der Waals surface area (Å²) in [7, 11) is 1.93. The van der Waals surface area contributed by atoms with Crippen LogP contribution in [0.4, 0.5) is 5.95 Å². The van der Waals surface area contributed by atoms with Crippen LogP contribution in [0.25, 0.3) is 11.3 Å². The maximum absolute atomic E-state index is 5.85. The maximum Gasteiger partial charge on any atom is 0.220 e. The molecule has 0 unspecified atom stereocenters. The molecule has 0 atom stereocenters. The van der Waals surface area contributed by atoms with Gasteiger partial charge >= 0.3 is 0 Å². The molecule has 2 aromatic rings. The lowest BCUT2D eigenvalue weighted by Gasteiger charge is -2.18. The van der Waals surface area contributed by atoms with E-state index in [1.165, 1.54) is 0 Å². The quantitative estimate of drug-likeness (QED) is 0.853. The zero-order valence-electron chi connectivity index (χ0n) is 12.4. The van der Waals surface area contributed by atoms with Crippen LogP contribution in [0.2, 0.25) is 0 Å². The number of aromatic nitrogens is 4. The van der Waals surface area contributed by atoms with E-state index in [0.29, 0.717) is 5.95 Å². The van der Waals surface area contributed by atoms with Gasteiger partial charge in [-0.1, -0.05) is 20.8 Å². The molecule has 2 heterocycles. The summed E-state index contributed by atoms with van der Waals surface area (Å²) in [4.78, 5) is 8.70. The van der Waals surface area contributed by atoms with Crippen molar-refractivity contribution in [3.63, 3.8) is 0 Å². The van der Waals surface area contributed by atoms with Crippen LogP contribution in [-0.2, 0) is 12.5 Å². The zero-order valence-corrected chi connectivity index (χ0v) is 12.4. The fraction of sp³-hybridized carbons (Fsp3) is 0.500. The van der Waals surface area contributed by atoms with Crippen molar-refractivity contribution in [2.75, 3.05) is 5.73 Å². The Morgan fingerprint density at radius 2 is 1.79 bits per heavy atom. The predicted octanol–water partition coefficient (Wildman–Crippen LogP) is 2.37. The topological polar surface area (TPSA) is 69.6 Å². The second kappa shape index (κ2) is 4.33. The standard InChI is InChI=1S/C14H21N5/c1-8-12(9(2)19(6)18-8)10-7-11(14(3,4)5)17-13(15)16-10/h7H,1-6H3,(H2,15,16,17). The summed E-state index contributed by atoms with van der Waals surface area (Å²) in [6.45, 7) is 10.4. The minimum atomic E-state index is -0.0597. The normalized spacial score (nSPS) is 11.9. The maximum atomic E-state index is 5.85. The highest BCUT2D eigenvalue weighted by atomic mass is 15.3. The number of aryl methyl sites for hydroxylation is 2. The van der Waals surface area contributed by atoms with E-state index in [2.05, 4.69) is 35.8 Å². The highest BCUT2D eigenvalue weighted by Crippen LogP contribution is 2.29. The Labute approximate surface area is 113 Å². The molecular formula is C14H21N5. The summed E-state index contributed by atoms with van der Waals surface area (Å²) in [5, 5.41) is 4.42. The van der Waals surface area contributed by atoms with Crippen LogP contribution in [0.5, 0.6) is 0 Å². The van der Waals surface area contributed by atoms with Gasteiger partial charge in [0.05, 0.1) is 17.1 Å². The average Bonchev–Trinajstić information content (AvgIpc) is 2.51. The monoisotopic (exact) mass is 259 g/mol. The van der Waals surface area contributed by atoms with Crippen molar-refractivity contribution in [2.45, 2.75) is 40.0 Å². The fourth-order valence-corrected chi connectivity index (χ4v) is 2.12. The molecule has 0 spiro atoms. The van der Waals surface area contributed by atoms with Crippen LogP contribution in [0.1, 0.15) is 37.9 Å². The molecule has 5 heteroatoms. The molecule has 0 aliphatic heterocycles. The number of hydrogen-bond donors (Lipinski definition) is 1. The molecule has 0 aliphatic carbocycles. The van der Waals surface area contributed by atoms with Gasteiger partial charge in [0.15, 0.2) is 0 Å². The molecular weight excluding hydrogens is 238 g/mol. The number of nitrogens with zero attached hydrogens (tertiary/aromatic N) is 4. The predicted molar refractivity (Wildman–Crippen MR) is 76.8 cm³/mol. The first-order valence-electron chi connectivity index (χ1n) is 6.35. The second-order valence-corrected chi connectivity index (χ2v) is 5.92. The van der Waals surface area contributed by atoms with Crippen molar-refractivity contribution in [1.29, 1.82) is 0 Å². The Morgan fingerprint density at radius 1 is 1.16 bits per heavy atom. The molecule has 0 bridgehead atoms. The summed E-state index contributed by atoms with van der Waals surface area (Å²) in [6.07, 6.45) is 0. The molecule has 19 heavy (non-hydrogen) atoms. The lowest BCUT2D eigenvalue weighted by molar-refractivity contribution is 0.568. The van der Waals surface area contributed by atoms with Gasteiger partial charge in [0, 0.05) is 23.7 Å². The third-order valence-electron chi connectivity index (χ3n) is 3.28. The van der Waals surface area contributed by atoms with Gasteiger partial charge in [0.1, 0.15) is 0 Å². The van der Waals surface area contributed by atoms with E-state index in [0.717, 1.165) is 28.3 Å². The Kier molecular flexibility index (Phi) is 3.08. The molecule has 0 aromatic carbocycles. The van der Waals surface area contributed by atoms with E-state index in [-0.39, 0.29) is 5.41 Å². The molecule has 0 saturated heterocycles. The van der Waals surface area contributed by atoms with Crippen molar-refractivity contribution in [1.82, 2.24) is 19.7 Å². The molecule has 0 fully saturated rings. The number of anilines is 1. The largest absolute Gasteiger partial charge is 0.368 e. The minimum Gasteiger partial charge on any atom is -0.368 e. The van der Waals surface area contributed by atoms with E-state index in [4.69, 9.17) is 5.73 Å². The van der Waals surface area contributed by atoms with Crippen molar-refractivity contribution in [3.8, 4) is 11.3 Å². The van der Waals surface area contributed by atoms with Crippen LogP contribution in [0.15, 0.2) is 6.07 Å². The summed E-state index contributed by atoms with van der Waals surface area (Å²) >= 11 is 0. The van der Waals surface area contributed by atoms with E-state index in [9.17, 15) is 0 Å². The summed E-state index contributed by atoms with van der Waals surface area (Å²) in [5.41, 5.74) is 10.7. The molecule has 5 nitrogen and oxygen atoms in total. The van der Waals surface area contributed by atoms with E-state index < -0.39 is 0 Å². The van der Waals surface area contributed by atoms with E-state index >= 15 is 0 Å². The molecule has 0 aliphatic rings. The lowest BCUT2D eigenvalue weighted by Crippen LogP contribution is -2.15. The fourth-order valence-electron chi connectivity index (χ4n) is 2.12. The molecule has 2 rings (SSSR count). The molecule has 2 aromatic heterocycles. The number of hydrogen-bond acceptors (Lipinski definition) is 4. The van der Waals surface area contributed by atoms with Crippen LogP contribution >= 0.6 is 0 Å². The van der Waals surface area contributed by atoms with Crippen molar-refractivity contribution < 1.29 is 0 Å². The van der Waals surface area contributed by atoms with Crippen molar-refractivity contribution in [2.24, 2.45) is 7.05 Å². The zero-order chi connectivity index (χ0) is 14.4. The van der Waals surface area contributed by atoms with E-state index in [1.54, 1.807) is 0 Å². The van der Waals surface area contributed by atoms with Gasteiger partial charge in [-0.2, -0.15) is 5.10 Å². The minimum absolute atomic E-state index is 0.0597. The molecule has 0 amide bonds. The van der Waals surface area contributed by atoms with Gasteiger partial charge in [-0.25, -0.2) is 9.97 Å². The molecule has 0 saturated carbocycles. The first-order chi connectivity index (χ1) is 8.70. The number of nitrogens with two attached hydrogens (primary N) is 1. The van der Waals surface area contributed by atoms with Crippen LogP contribution < -0.4 is 5.73 Å².